The van der Waals surface area contributed by atoms with Crippen LogP contribution in [0.5, 0.6) is 0 Å². The van der Waals surface area contributed by atoms with E-state index in [1.54, 1.807) is 0 Å². The summed E-state index contributed by atoms with van der Waals surface area (Å²) in [6, 6.07) is 0. The van der Waals surface area contributed by atoms with E-state index in [0.717, 1.165) is 0 Å². The molecule has 0 saturated carbocycles. The number of nitrogens with zero attached hydrogens (tertiary/aromatic N) is 2. The molecule has 1 aliphatic heterocycles. The number of piperidine rings is 1. The monoisotopic (exact) mass is 261 g/mol. The van der Waals surface area contributed by atoms with Crippen molar-refractivity contribution in [2.24, 2.45) is 16.8 Å². The van der Waals surface area contributed by atoms with Gasteiger partial charge in [0, 0.05) is 25.9 Å². The van der Waals surface area contributed by atoms with Crippen LogP contribution in [0.3, 0.4) is 0 Å². The Balaban J connectivity index is 2.46. The number of rotatable bonds is 3. The van der Waals surface area contributed by atoms with Crippen LogP contribution in [0.2, 0.25) is 0 Å². The van der Waals surface area contributed by atoms with Crippen molar-refractivity contribution in [1.29, 1.82) is 0 Å². The molecule has 18 heavy (non-hydrogen) atoms. The molecule has 0 aromatic heterocycles. The molecule has 1 amide bonds. The number of halogens is 1. The Morgan fingerprint density at radius 3 is 2.56 bits per heavy atom. The van der Waals surface area contributed by atoms with E-state index in [1.165, 1.54) is 4.90 Å². The number of amidine groups is 1. The van der Waals surface area contributed by atoms with E-state index in [4.69, 9.17) is 15.7 Å². The predicted molar refractivity (Wildman–Crippen MR) is 64.2 cm³/mol. The van der Waals surface area contributed by atoms with Crippen molar-refractivity contribution in [2.75, 3.05) is 19.7 Å². The molecule has 104 valence electrons. The number of nitrogens with two attached hydrogens (primary N) is 1. The van der Waals surface area contributed by atoms with Gasteiger partial charge in [0.1, 0.15) is 0 Å². The summed E-state index contributed by atoms with van der Waals surface area (Å²) in [5.41, 5.74) is 3.46. The molecule has 0 aromatic rings. The Morgan fingerprint density at radius 1 is 1.56 bits per heavy atom. The topological polar surface area (TPSA) is 88.2 Å². The zero-order valence-corrected chi connectivity index (χ0v) is 10.7. The standard InChI is InChI=1S/C11H20FN3O3/c1-8(2)7-18-10(16)15-5-3-11(12,4-6-15)9(13)14-17/h8,17H,3-7H2,1-2H3,(H2,13,14). The van der Waals surface area contributed by atoms with E-state index in [-0.39, 0.29) is 31.8 Å². The van der Waals surface area contributed by atoms with E-state index < -0.39 is 17.6 Å². The molecule has 1 rings (SSSR count). The van der Waals surface area contributed by atoms with Gasteiger partial charge in [-0.1, -0.05) is 19.0 Å². The third-order valence-corrected chi connectivity index (χ3v) is 2.92. The Bertz CT molecular complexity index is 325. The highest BCUT2D eigenvalue weighted by molar-refractivity contribution is 5.88. The molecule has 6 nitrogen and oxygen atoms in total. The fourth-order valence-electron chi connectivity index (χ4n) is 1.72. The summed E-state index contributed by atoms with van der Waals surface area (Å²) in [7, 11) is 0. The minimum absolute atomic E-state index is 0.0136. The highest BCUT2D eigenvalue weighted by Crippen LogP contribution is 2.27. The van der Waals surface area contributed by atoms with Crippen molar-refractivity contribution in [3.8, 4) is 0 Å². The fourth-order valence-corrected chi connectivity index (χ4v) is 1.72. The minimum Gasteiger partial charge on any atom is -0.449 e. The Kier molecular flexibility index (Phi) is 4.75. The largest absolute Gasteiger partial charge is 0.449 e. The molecule has 0 aliphatic carbocycles. The number of carbonyl (C=O) groups excluding carboxylic acids is 1. The van der Waals surface area contributed by atoms with Crippen LogP contribution in [0.25, 0.3) is 0 Å². The second kappa shape index (κ2) is 5.88. The number of carbonyl (C=O) groups is 1. The number of oxime groups is 1. The van der Waals surface area contributed by atoms with Crippen LogP contribution in [-0.2, 0) is 4.74 Å². The maximum Gasteiger partial charge on any atom is 0.409 e. The van der Waals surface area contributed by atoms with Crippen molar-refractivity contribution >= 4 is 11.9 Å². The molecule has 0 radical (unpaired) electrons. The van der Waals surface area contributed by atoms with Crippen molar-refractivity contribution in [3.05, 3.63) is 0 Å². The Morgan fingerprint density at radius 2 is 2.11 bits per heavy atom. The highest BCUT2D eigenvalue weighted by atomic mass is 19.1. The first-order valence-electron chi connectivity index (χ1n) is 5.97. The van der Waals surface area contributed by atoms with Gasteiger partial charge in [0.2, 0.25) is 0 Å². The van der Waals surface area contributed by atoms with Gasteiger partial charge < -0.3 is 20.6 Å². The number of hydrogen-bond donors (Lipinski definition) is 2. The third kappa shape index (κ3) is 3.48. The lowest BCUT2D eigenvalue weighted by Gasteiger charge is -2.34. The molecule has 1 saturated heterocycles. The minimum atomic E-state index is -1.83. The number of amides is 1. The summed E-state index contributed by atoms with van der Waals surface area (Å²) in [6.07, 6.45) is -0.412. The second-order valence-electron chi connectivity index (χ2n) is 4.91. The van der Waals surface area contributed by atoms with Crippen LogP contribution in [-0.4, -0.2) is 47.4 Å². The lowest BCUT2D eigenvalue weighted by Crippen LogP contribution is -2.51. The molecule has 0 atom stereocenters. The SMILES string of the molecule is CC(C)COC(=O)N1CCC(F)(/C(N)=N/O)CC1. The summed E-state index contributed by atoms with van der Waals surface area (Å²) in [4.78, 5) is 13.1. The summed E-state index contributed by atoms with van der Waals surface area (Å²) in [5, 5.41) is 11.2. The van der Waals surface area contributed by atoms with Crippen LogP contribution in [0, 0.1) is 5.92 Å². The number of alkyl halides is 1. The quantitative estimate of drug-likeness (QED) is 0.347. The van der Waals surface area contributed by atoms with E-state index >= 15 is 0 Å². The van der Waals surface area contributed by atoms with E-state index in [1.807, 2.05) is 13.8 Å². The molecule has 1 heterocycles. The van der Waals surface area contributed by atoms with Crippen LogP contribution in [0.1, 0.15) is 26.7 Å². The summed E-state index contributed by atoms with van der Waals surface area (Å²) >= 11 is 0. The number of ether oxygens (including phenoxy) is 1. The lowest BCUT2D eigenvalue weighted by atomic mass is 9.92. The second-order valence-corrected chi connectivity index (χ2v) is 4.91. The third-order valence-electron chi connectivity index (χ3n) is 2.92. The molecule has 0 bridgehead atoms. The molecule has 0 spiro atoms. The molecular weight excluding hydrogens is 241 g/mol. The van der Waals surface area contributed by atoms with Gasteiger partial charge in [-0.25, -0.2) is 9.18 Å². The van der Waals surface area contributed by atoms with Gasteiger partial charge in [-0.15, -0.1) is 0 Å². The van der Waals surface area contributed by atoms with Gasteiger partial charge in [-0.05, 0) is 5.92 Å². The smallest absolute Gasteiger partial charge is 0.409 e. The van der Waals surface area contributed by atoms with Crippen LogP contribution in [0.15, 0.2) is 5.16 Å². The zero-order chi connectivity index (χ0) is 13.8. The highest BCUT2D eigenvalue weighted by Gasteiger charge is 2.40. The molecule has 1 fully saturated rings. The summed E-state index contributed by atoms with van der Waals surface area (Å²) < 4.78 is 19.2. The van der Waals surface area contributed by atoms with Crippen LogP contribution >= 0.6 is 0 Å². The molecular formula is C11H20FN3O3. The van der Waals surface area contributed by atoms with Crippen LogP contribution in [0.4, 0.5) is 9.18 Å². The first-order valence-corrected chi connectivity index (χ1v) is 5.97. The normalized spacial score (nSPS) is 20.0. The van der Waals surface area contributed by atoms with Crippen molar-refractivity contribution in [3.63, 3.8) is 0 Å². The molecule has 0 unspecified atom stereocenters. The van der Waals surface area contributed by atoms with Gasteiger partial charge in [0.05, 0.1) is 6.61 Å². The Hall–Kier alpha value is -1.53. The zero-order valence-electron chi connectivity index (χ0n) is 10.7. The molecule has 1 aliphatic rings. The maximum absolute atomic E-state index is 14.1. The molecule has 0 aromatic carbocycles. The van der Waals surface area contributed by atoms with Gasteiger partial charge in [0.25, 0.3) is 0 Å². The Labute approximate surface area is 106 Å². The lowest BCUT2D eigenvalue weighted by molar-refractivity contribution is 0.0627. The average Bonchev–Trinajstić information content (AvgIpc) is 2.35. The van der Waals surface area contributed by atoms with Gasteiger partial charge in [0.15, 0.2) is 11.5 Å². The number of hydrogen-bond acceptors (Lipinski definition) is 4. The van der Waals surface area contributed by atoms with Gasteiger partial charge in [-0.3, -0.25) is 0 Å². The van der Waals surface area contributed by atoms with E-state index in [9.17, 15) is 9.18 Å². The van der Waals surface area contributed by atoms with E-state index in [0.29, 0.717) is 6.61 Å². The predicted octanol–water partition coefficient (Wildman–Crippen LogP) is 1.33. The fraction of sp³-hybridized carbons (Fsp3) is 0.818. The molecule has 3 N–H and O–H groups in total. The first kappa shape index (κ1) is 14.5. The van der Waals surface area contributed by atoms with Crippen molar-refractivity contribution < 1.29 is 19.1 Å². The summed E-state index contributed by atoms with van der Waals surface area (Å²) in [5.74, 6) is -0.172. The van der Waals surface area contributed by atoms with E-state index in [2.05, 4.69) is 5.16 Å². The first-order chi connectivity index (χ1) is 8.39. The summed E-state index contributed by atoms with van der Waals surface area (Å²) in [6.45, 7) is 4.62. The average molecular weight is 261 g/mol. The van der Waals surface area contributed by atoms with Crippen LogP contribution < -0.4 is 5.73 Å². The van der Waals surface area contributed by atoms with Crippen molar-refractivity contribution in [1.82, 2.24) is 4.90 Å². The molecule has 7 heteroatoms. The maximum atomic E-state index is 14.1. The van der Waals surface area contributed by atoms with Gasteiger partial charge in [-0.2, -0.15) is 0 Å². The van der Waals surface area contributed by atoms with Gasteiger partial charge >= 0.3 is 6.09 Å². The number of likely N-dealkylation sites (tertiary alicyclic amines) is 1. The van der Waals surface area contributed by atoms with Crippen molar-refractivity contribution in [2.45, 2.75) is 32.4 Å².